The third-order valence-corrected chi connectivity index (χ3v) is 5.81. The van der Waals surface area contributed by atoms with E-state index in [0.717, 1.165) is 25.9 Å². The molecule has 31 heavy (non-hydrogen) atoms. The highest BCUT2D eigenvalue weighted by Crippen LogP contribution is 2.33. The summed E-state index contributed by atoms with van der Waals surface area (Å²) in [5.74, 6) is 1.41. The fourth-order valence-corrected chi connectivity index (χ4v) is 4.26. The van der Waals surface area contributed by atoms with Gasteiger partial charge in [-0.25, -0.2) is 4.39 Å². The molecule has 8 heteroatoms. The lowest BCUT2D eigenvalue weighted by Gasteiger charge is -2.31. The molecule has 5 rings (SSSR count). The molecule has 0 aliphatic carbocycles. The SMILES string of the molecule is Nc1nc(CN2CCC(c3c[nH]c4ccccc34)CC2)nc(Nc2ccc(F)cc2)n1. The second-order valence-corrected chi connectivity index (χ2v) is 7.91. The van der Waals surface area contributed by atoms with Crippen molar-refractivity contribution in [3.63, 3.8) is 0 Å². The van der Waals surface area contributed by atoms with Crippen LogP contribution in [0.3, 0.4) is 0 Å². The minimum absolute atomic E-state index is 0.170. The van der Waals surface area contributed by atoms with Gasteiger partial charge < -0.3 is 16.0 Å². The number of fused-ring (bicyclic) bond motifs is 1. The normalized spacial score (nSPS) is 15.4. The van der Waals surface area contributed by atoms with Gasteiger partial charge in [0.15, 0.2) is 0 Å². The molecule has 0 bridgehead atoms. The molecule has 1 aliphatic rings. The summed E-state index contributed by atoms with van der Waals surface area (Å²) in [5, 5.41) is 4.38. The largest absolute Gasteiger partial charge is 0.368 e. The number of aromatic nitrogens is 4. The number of hydrogen-bond donors (Lipinski definition) is 3. The number of para-hydroxylation sites is 1. The molecule has 3 heterocycles. The highest BCUT2D eigenvalue weighted by Gasteiger charge is 2.23. The van der Waals surface area contributed by atoms with Gasteiger partial charge in [-0.2, -0.15) is 15.0 Å². The van der Waals surface area contributed by atoms with Crippen LogP contribution in [-0.4, -0.2) is 37.9 Å². The van der Waals surface area contributed by atoms with Crippen LogP contribution in [0.1, 0.15) is 30.1 Å². The van der Waals surface area contributed by atoms with Crippen LogP contribution in [-0.2, 0) is 6.54 Å². The molecule has 2 aromatic heterocycles. The highest BCUT2D eigenvalue weighted by atomic mass is 19.1. The maximum atomic E-state index is 13.1. The Balaban J connectivity index is 1.24. The third kappa shape index (κ3) is 4.34. The first kappa shape index (κ1) is 19.4. The Morgan fingerprint density at radius 3 is 2.61 bits per heavy atom. The molecule has 0 unspecified atom stereocenters. The number of nitrogens with two attached hydrogens (primary N) is 1. The van der Waals surface area contributed by atoms with Crippen molar-refractivity contribution in [2.24, 2.45) is 0 Å². The molecule has 7 nitrogen and oxygen atoms in total. The van der Waals surface area contributed by atoms with E-state index in [0.29, 0.717) is 29.9 Å². The molecule has 0 amide bonds. The second-order valence-electron chi connectivity index (χ2n) is 7.91. The third-order valence-electron chi connectivity index (χ3n) is 5.81. The number of benzene rings is 2. The number of rotatable bonds is 5. The number of anilines is 3. The summed E-state index contributed by atoms with van der Waals surface area (Å²) >= 11 is 0. The Kier molecular flexibility index (Phi) is 5.21. The van der Waals surface area contributed by atoms with Crippen molar-refractivity contribution in [1.29, 1.82) is 0 Å². The minimum atomic E-state index is -0.294. The average Bonchev–Trinajstić information content (AvgIpc) is 3.20. The number of nitrogens with zero attached hydrogens (tertiary/aromatic N) is 4. The second kappa shape index (κ2) is 8.31. The summed E-state index contributed by atoms with van der Waals surface area (Å²) in [7, 11) is 0. The summed E-state index contributed by atoms with van der Waals surface area (Å²) in [5.41, 5.74) is 9.19. The molecule has 0 radical (unpaired) electrons. The topological polar surface area (TPSA) is 95.8 Å². The van der Waals surface area contributed by atoms with Crippen LogP contribution in [0.25, 0.3) is 10.9 Å². The predicted octanol–water partition coefficient (Wildman–Crippen LogP) is 4.20. The summed E-state index contributed by atoms with van der Waals surface area (Å²) in [4.78, 5) is 18.7. The Morgan fingerprint density at radius 2 is 1.81 bits per heavy atom. The van der Waals surface area contributed by atoms with Crippen LogP contribution < -0.4 is 11.1 Å². The average molecular weight is 417 g/mol. The van der Waals surface area contributed by atoms with E-state index < -0.39 is 0 Å². The van der Waals surface area contributed by atoms with Gasteiger partial charge in [0.1, 0.15) is 11.6 Å². The molecule has 0 saturated carbocycles. The van der Waals surface area contributed by atoms with E-state index in [9.17, 15) is 4.39 Å². The molecular formula is C23H24FN7. The minimum Gasteiger partial charge on any atom is -0.368 e. The van der Waals surface area contributed by atoms with Crippen molar-refractivity contribution in [1.82, 2.24) is 24.8 Å². The van der Waals surface area contributed by atoms with Gasteiger partial charge >= 0.3 is 0 Å². The lowest BCUT2D eigenvalue weighted by atomic mass is 9.89. The van der Waals surface area contributed by atoms with Gasteiger partial charge in [-0.15, -0.1) is 0 Å². The summed E-state index contributed by atoms with van der Waals surface area (Å²) in [6, 6.07) is 14.5. The fraction of sp³-hybridized carbons (Fsp3) is 0.261. The van der Waals surface area contributed by atoms with Gasteiger partial charge in [0, 0.05) is 22.8 Å². The number of hydrogen-bond acceptors (Lipinski definition) is 6. The molecule has 1 saturated heterocycles. The first-order valence-corrected chi connectivity index (χ1v) is 10.5. The molecule has 4 N–H and O–H groups in total. The Labute approximate surface area is 179 Å². The van der Waals surface area contributed by atoms with Gasteiger partial charge in [0.2, 0.25) is 11.9 Å². The van der Waals surface area contributed by atoms with E-state index in [4.69, 9.17) is 5.73 Å². The summed E-state index contributed by atoms with van der Waals surface area (Å²) in [6.07, 6.45) is 4.33. The van der Waals surface area contributed by atoms with E-state index >= 15 is 0 Å². The molecular weight excluding hydrogens is 393 g/mol. The van der Waals surface area contributed by atoms with Crippen molar-refractivity contribution in [3.8, 4) is 0 Å². The maximum Gasteiger partial charge on any atom is 0.232 e. The number of piperidine rings is 1. The fourth-order valence-electron chi connectivity index (χ4n) is 4.26. The maximum absolute atomic E-state index is 13.1. The van der Waals surface area contributed by atoms with E-state index in [-0.39, 0.29) is 11.8 Å². The zero-order valence-corrected chi connectivity index (χ0v) is 17.1. The molecule has 2 aromatic carbocycles. The molecule has 1 fully saturated rings. The van der Waals surface area contributed by atoms with Crippen LogP contribution in [0.2, 0.25) is 0 Å². The van der Waals surface area contributed by atoms with Crippen molar-refractivity contribution in [3.05, 3.63) is 71.9 Å². The zero-order chi connectivity index (χ0) is 21.2. The number of likely N-dealkylation sites (tertiary alicyclic amines) is 1. The first-order chi connectivity index (χ1) is 15.1. The molecule has 0 spiro atoms. The molecule has 4 aromatic rings. The zero-order valence-electron chi connectivity index (χ0n) is 17.1. The van der Waals surface area contributed by atoms with E-state index in [1.807, 2.05) is 0 Å². The number of nitrogen functional groups attached to an aromatic ring is 1. The Morgan fingerprint density at radius 1 is 1.03 bits per heavy atom. The summed E-state index contributed by atoms with van der Waals surface area (Å²) < 4.78 is 13.1. The quantitative estimate of drug-likeness (QED) is 0.450. The van der Waals surface area contributed by atoms with Crippen molar-refractivity contribution < 1.29 is 4.39 Å². The Bertz CT molecular complexity index is 1180. The van der Waals surface area contributed by atoms with Crippen LogP contribution in [0.5, 0.6) is 0 Å². The number of aromatic amines is 1. The highest BCUT2D eigenvalue weighted by molar-refractivity contribution is 5.83. The predicted molar refractivity (Wildman–Crippen MR) is 119 cm³/mol. The van der Waals surface area contributed by atoms with Crippen molar-refractivity contribution in [2.75, 3.05) is 24.1 Å². The van der Waals surface area contributed by atoms with Crippen LogP contribution >= 0.6 is 0 Å². The van der Waals surface area contributed by atoms with Crippen molar-refractivity contribution >= 4 is 28.5 Å². The monoisotopic (exact) mass is 417 g/mol. The van der Waals surface area contributed by atoms with Crippen LogP contribution in [0.4, 0.5) is 22.0 Å². The number of nitrogens with one attached hydrogen (secondary N) is 2. The van der Waals surface area contributed by atoms with Gasteiger partial charge in [-0.1, -0.05) is 18.2 Å². The molecule has 0 atom stereocenters. The van der Waals surface area contributed by atoms with Crippen molar-refractivity contribution in [2.45, 2.75) is 25.3 Å². The van der Waals surface area contributed by atoms with Gasteiger partial charge in [-0.3, -0.25) is 4.90 Å². The lowest BCUT2D eigenvalue weighted by molar-refractivity contribution is 0.200. The smallest absolute Gasteiger partial charge is 0.232 e. The van der Waals surface area contributed by atoms with Gasteiger partial charge in [0.05, 0.1) is 6.54 Å². The number of halogens is 1. The summed E-state index contributed by atoms with van der Waals surface area (Å²) in [6.45, 7) is 2.55. The molecule has 158 valence electrons. The Hall–Kier alpha value is -3.52. The van der Waals surface area contributed by atoms with E-state index in [1.165, 1.54) is 28.6 Å². The van der Waals surface area contributed by atoms with E-state index in [2.05, 4.69) is 60.6 Å². The number of H-pyrrole nitrogens is 1. The molecule has 1 aliphatic heterocycles. The lowest BCUT2D eigenvalue weighted by Crippen LogP contribution is -2.33. The van der Waals surface area contributed by atoms with Gasteiger partial charge in [0.25, 0.3) is 0 Å². The van der Waals surface area contributed by atoms with Crippen LogP contribution in [0.15, 0.2) is 54.7 Å². The van der Waals surface area contributed by atoms with Gasteiger partial charge in [-0.05, 0) is 67.7 Å². The van der Waals surface area contributed by atoms with Crippen LogP contribution in [0, 0.1) is 5.82 Å². The standard InChI is InChI=1S/C23H24FN7/c24-16-5-7-17(8-6-16)27-23-29-21(28-22(25)30-23)14-31-11-9-15(10-12-31)19-13-26-20-4-2-1-3-18(19)20/h1-8,13,15,26H,9-12,14H2,(H3,25,27,28,29,30). The first-order valence-electron chi connectivity index (χ1n) is 10.5. The van der Waals surface area contributed by atoms with E-state index in [1.54, 1.807) is 12.1 Å².